The van der Waals surface area contributed by atoms with E-state index in [9.17, 15) is 4.79 Å². The average Bonchev–Trinajstić information content (AvgIpc) is 2.89. The summed E-state index contributed by atoms with van der Waals surface area (Å²) in [4.78, 5) is 25.0. The molecular formula is C14H18N4O3. The standard InChI is InChI=1S/C14H18N4O3/c1-3-9-4-15-13-12(9)14(17-8-16-13)18-5-10(6-18)21-7-11(19)20-2/h4,8,10H,3,5-7H2,1-2H3,(H,15,16,17). The second-order valence-corrected chi connectivity index (χ2v) is 5.00. The first-order valence-corrected chi connectivity index (χ1v) is 6.97. The van der Waals surface area contributed by atoms with Gasteiger partial charge in [0.2, 0.25) is 0 Å². The van der Waals surface area contributed by atoms with Crippen molar-refractivity contribution in [2.45, 2.75) is 19.4 Å². The number of rotatable bonds is 5. The Hall–Kier alpha value is -2.15. The van der Waals surface area contributed by atoms with Crippen LogP contribution in [0.1, 0.15) is 12.5 Å². The molecule has 0 amide bonds. The van der Waals surface area contributed by atoms with E-state index in [0.29, 0.717) is 0 Å². The highest BCUT2D eigenvalue weighted by molar-refractivity contribution is 5.91. The molecule has 0 unspecified atom stereocenters. The van der Waals surface area contributed by atoms with E-state index in [1.54, 1.807) is 6.33 Å². The largest absolute Gasteiger partial charge is 0.467 e. The molecule has 0 radical (unpaired) electrons. The molecule has 1 N–H and O–H groups in total. The molecule has 0 aromatic carbocycles. The molecule has 1 aliphatic heterocycles. The van der Waals surface area contributed by atoms with Crippen molar-refractivity contribution in [3.63, 3.8) is 0 Å². The van der Waals surface area contributed by atoms with E-state index in [-0.39, 0.29) is 18.7 Å². The Morgan fingerprint density at radius 1 is 1.48 bits per heavy atom. The molecule has 0 spiro atoms. The lowest BCUT2D eigenvalue weighted by Crippen LogP contribution is -2.53. The number of nitrogens with one attached hydrogen (secondary N) is 1. The van der Waals surface area contributed by atoms with Gasteiger partial charge in [-0.25, -0.2) is 14.8 Å². The third kappa shape index (κ3) is 2.56. The summed E-state index contributed by atoms with van der Waals surface area (Å²) in [5, 5.41) is 1.08. The van der Waals surface area contributed by atoms with Crippen LogP contribution in [0.15, 0.2) is 12.5 Å². The Labute approximate surface area is 122 Å². The highest BCUT2D eigenvalue weighted by Gasteiger charge is 2.31. The molecule has 2 aromatic rings. The first-order valence-electron chi connectivity index (χ1n) is 6.97. The first-order chi connectivity index (χ1) is 10.2. The fraction of sp³-hybridized carbons (Fsp3) is 0.500. The quantitative estimate of drug-likeness (QED) is 0.824. The number of carbonyl (C=O) groups excluding carboxylic acids is 1. The summed E-state index contributed by atoms with van der Waals surface area (Å²) < 4.78 is 10.0. The van der Waals surface area contributed by atoms with E-state index in [2.05, 4.69) is 31.5 Å². The Bertz CT molecular complexity index is 649. The zero-order valence-corrected chi connectivity index (χ0v) is 12.1. The molecule has 0 bridgehead atoms. The van der Waals surface area contributed by atoms with Crippen LogP contribution in [0, 0.1) is 0 Å². The SMILES string of the molecule is CCc1c[nH]c2ncnc(N3CC(OCC(=O)OC)C3)c12. The number of carbonyl (C=O) groups is 1. The van der Waals surface area contributed by atoms with Crippen LogP contribution in [0.25, 0.3) is 11.0 Å². The molecule has 0 aliphatic carbocycles. The van der Waals surface area contributed by atoms with Crippen LogP contribution in [0.2, 0.25) is 0 Å². The number of hydrogen-bond donors (Lipinski definition) is 1. The smallest absolute Gasteiger partial charge is 0.331 e. The van der Waals surface area contributed by atoms with Gasteiger partial charge in [0.25, 0.3) is 0 Å². The lowest BCUT2D eigenvalue weighted by atomic mass is 10.1. The minimum Gasteiger partial charge on any atom is -0.467 e. The summed E-state index contributed by atoms with van der Waals surface area (Å²) in [5.74, 6) is 0.577. The minimum atomic E-state index is -0.350. The molecule has 21 heavy (non-hydrogen) atoms. The van der Waals surface area contributed by atoms with Gasteiger partial charge >= 0.3 is 5.97 Å². The highest BCUT2D eigenvalue weighted by atomic mass is 16.6. The molecule has 3 rings (SSSR count). The van der Waals surface area contributed by atoms with Gasteiger partial charge in [0.1, 0.15) is 24.4 Å². The molecule has 7 heteroatoms. The van der Waals surface area contributed by atoms with Crippen molar-refractivity contribution in [1.29, 1.82) is 0 Å². The maximum absolute atomic E-state index is 11.0. The molecule has 1 aliphatic rings. The molecule has 2 aromatic heterocycles. The zero-order chi connectivity index (χ0) is 14.8. The summed E-state index contributed by atoms with van der Waals surface area (Å²) in [6.45, 7) is 3.55. The summed E-state index contributed by atoms with van der Waals surface area (Å²) >= 11 is 0. The fourth-order valence-electron chi connectivity index (χ4n) is 2.49. The van der Waals surface area contributed by atoms with E-state index in [4.69, 9.17) is 4.74 Å². The van der Waals surface area contributed by atoms with Crippen molar-refractivity contribution in [3.8, 4) is 0 Å². The van der Waals surface area contributed by atoms with Gasteiger partial charge in [-0.05, 0) is 12.0 Å². The Morgan fingerprint density at radius 2 is 2.29 bits per heavy atom. The van der Waals surface area contributed by atoms with Gasteiger partial charge in [-0.1, -0.05) is 6.92 Å². The van der Waals surface area contributed by atoms with Crippen molar-refractivity contribution in [2.75, 3.05) is 31.7 Å². The second-order valence-electron chi connectivity index (χ2n) is 5.00. The van der Waals surface area contributed by atoms with E-state index < -0.39 is 0 Å². The van der Waals surface area contributed by atoms with Crippen LogP contribution in [0.5, 0.6) is 0 Å². The number of aromatic nitrogens is 3. The molecule has 3 heterocycles. The number of methoxy groups -OCH3 is 1. The maximum Gasteiger partial charge on any atom is 0.331 e. The maximum atomic E-state index is 11.0. The van der Waals surface area contributed by atoms with Gasteiger partial charge in [0.15, 0.2) is 0 Å². The summed E-state index contributed by atoms with van der Waals surface area (Å²) in [6.07, 6.45) is 4.51. The third-order valence-electron chi connectivity index (χ3n) is 3.72. The molecule has 0 saturated carbocycles. The molecule has 0 atom stereocenters. The van der Waals surface area contributed by atoms with Crippen molar-refractivity contribution in [2.24, 2.45) is 0 Å². The summed E-state index contributed by atoms with van der Waals surface area (Å²) in [7, 11) is 1.36. The van der Waals surface area contributed by atoms with E-state index in [1.807, 2.05) is 6.20 Å². The number of nitrogens with zero attached hydrogens (tertiary/aromatic N) is 3. The lowest BCUT2D eigenvalue weighted by molar-refractivity contribution is -0.148. The van der Waals surface area contributed by atoms with Crippen LogP contribution in [-0.4, -0.2) is 53.8 Å². The number of hydrogen-bond acceptors (Lipinski definition) is 6. The Morgan fingerprint density at radius 3 is 3.00 bits per heavy atom. The molecule has 112 valence electrons. The second kappa shape index (κ2) is 5.69. The van der Waals surface area contributed by atoms with Crippen LogP contribution in [-0.2, 0) is 20.7 Å². The van der Waals surface area contributed by atoms with Crippen molar-refractivity contribution >= 4 is 22.8 Å². The van der Waals surface area contributed by atoms with E-state index in [0.717, 1.165) is 36.4 Å². The Kier molecular flexibility index (Phi) is 3.74. The number of ether oxygens (including phenoxy) is 2. The van der Waals surface area contributed by atoms with Crippen LogP contribution < -0.4 is 4.90 Å². The first kappa shape index (κ1) is 13.8. The van der Waals surface area contributed by atoms with Crippen molar-refractivity contribution in [1.82, 2.24) is 15.0 Å². The van der Waals surface area contributed by atoms with Gasteiger partial charge in [-0.2, -0.15) is 0 Å². The third-order valence-corrected chi connectivity index (χ3v) is 3.72. The lowest BCUT2D eigenvalue weighted by Gasteiger charge is -2.39. The van der Waals surface area contributed by atoms with Gasteiger partial charge in [0, 0.05) is 19.3 Å². The van der Waals surface area contributed by atoms with Crippen LogP contribution in [0.4, 0.5) is 5.82 Å². The highest BCUT2D eigenvalue weighted by Crippen LogP contribution is 2.30. The number of esters is 1. The van der Waals surface area contributed by atoms with Crippen molar-refractivity contribution < 1.29 is 14.3 Å². The predicted molar refractivity (Wildman–Crippen MR) is 77.2 cm³/mol. The summed E-state index contributed by atoms with van der Waals surface area (Å²) in [5.41, 5.74) is 2.07. The van der Waals surface area contributed by atoms with Gasteiger partial charge in [-0.15, -0.1) is 0 Å². The van der Waals surface area contributed by atoms with Gasteiger partial charge < -0.3 is 19.4 Å². The normalized spacial score (nSPS) is 15.2. The Balaban J connectivity index is 1.69. The molecule has 7 nitrogen and oxygen atoms in total. The topological polar surface area (TPSA) is 80.3 Å². The number of anilines is 1. The molecular weight excluding hydrogens is 272 g/mol. The van der Waals surface area contributed by atoms with Crippen molar-refractivity contribution in [3.05, 3.63) is 18.1 Å². The zero-order valence-electron chi connectivity index (χ0n) is 12.1. The van der Waals surface area contributed by atoms with Crippen LogP contribution >= 0.6 is 0 Å². The number of fused-ring (bicyclic) bond motifs is 1. The number of H-pyrrole nitrogens is 1. The molecule has 1 fully saturated rings. The van der Waals surface area contributed by atoms with Gasteiger partial charge in [0.05, 0.1) is 18.6 Å². The van der Waals surface area contributed by atoms with Gasteiger partial charge in [-0.3, -0.25) is 0 Å². The fourth-order valence-corrected chi connectivity index (χ4v) is 2.49. The van der Waals surface area contributed by atoms with E-state index >= 15 is 0 Å². The number of aryl methyl sites for hydroxylation is 1. The minimum absolute atomic E-state index is 0.00143. The average molecular weight is 290 g/mol. The van der Waals surface area contributed by atoms with E-state index in [1.165, 1.54) is 12.7 Å². The molecule has 1 saturated heterocycles. The number of aromatic amines is 1. The summed E-state index contributed by atoms with van der Waals surface area (Å²) in [6, 6.07) is 0. The monoisotopic (exact) mass is 290 g/mol. The predicted octanol–water partition coefficient (Wildman–Crippen LogP) is 0.898. The van der Waals surface area contributed by atoms with Crippen LogP contribution in [0.3, 0.4) is 0 Å².